The number of hydrogen-bond donors (Lipinski definition) is 15. The molecule has 0 bridgehead atoms. The summed E-state index contributed by atoms with van der Waals surface area (Å²) in [7, 11) is 0. The molecule has 6 aliphatic heterocycles. The first-order valence-electron chi connectivity index (χ1n) is 49.3. The van der Waals surface area contributed by atoms with Gasteiger partial charge in [-0.05, 0) is 89.7 Å². The number of alkyl halides is 1. The molecule has 18 N–H and O–H groups in total. The maximum absolute atomic E-state index is 13.2. The van der Waals surface area contributed by atoms with Gasteiger partial charge in [0.15, 0.2) is 37.7 Å². The Morgan fingerprint density at radius 2 is 0.626 bits per heavy atom. The molecule has 14 rings (SSSR count). The van der Waals surface area contributed by atoms with Crippen LogP contribution in [0.4, 0.5) is 28.8 Å². The number of primary amides is 2. The fourth-order valence-corrected chi connectivity index (χ4v) is 17.9. The molecule has 2 saturated heterocycles. The average Bonchev–Trinajstić information content (AvgIpc) is 1.70. The van der Waals surface area contributed by atoms with Gasteiger partial charge in [0, 0.05) is 24.2 Å². The highest BCUT2D eigenvalue weighted by Crippen LogP contribution is 2.42. The Morgan fingerprint density at radius 1 is 0.347 bits per heavy atom. The molecular formula is C105H136BrN9O32. The first kappa shape index (κ1) is 114. The van der Waals surface area contributed by atoms with Crippen molar-refractivity contribution in [2.24, 2.45) is 35.0 Å². The van der Waals surface area contributed by atoms with Gasteiger partial charge in [-0.1, -0.05) is 274 Å². The zero-order valence-electron chi connectivity index (χ0n) is 82.1. The minimum atomic E-state index is -1.63. The van der Waals surface area contributed by atoms with Gasteiger partial charge in [-0.15, -0.1) is 0 Å². The molecule has 147 heavy (non-hydrogen) atoms. The Morgan fingerprint density at radius 3 is 0.918 bits per heavy atom. The van der Waals surface area contributed by atoms with Gasteiger partial charge in [0.1, 0.15) is 113 Å². The number of rotatable bonds is 42. The second-order valence-electron chi connectivity index (χ2n) is 36.5. The highest BCUT2D eigenvalue weighted by atomic mass is 79.9. The first-order valence-corrected chi connectivity index (χ1v) is 50.4. The van der Waals surface area contributed by atoms with E-state index in [0.29, 0.717) is 50.3 Å². The third-order valence-electron chi connectivity index (χ3n) is 25.4. The standard InChI is InChI=1S/C53H68N4O16.C49H62N4O15.C3H6BrNO/c1-3-37-22-24-39(56-52(63)66-30-34-16-9-5-10-17-34)48(68-37)71-45-32(2)26-36(20-13-21-42(54)59)43(60)47(45)73-50-44(61)46(41(28-58)70-50)72-49-40(57-53(64)67-31-35-18-11-6-12-19-35)25-23-38(69-49)27-55-51(62)65-29-33-14-7-4-8-15-33;1-3-33-19-21-36(52-48(58)61-27-31-15-9-5-10-16-31)44(63-33)66-41-29(2)23-35(50)39(55)43(41)68-46-40(56)42(38(25-54)65-46)67-45-37(53-49(59)62-28-32-17-11-6-12-18-32)22-20-34(64-45)24-51-47(57)60-26-30-13-7-4-8-14-30;4-2-1-3(5)6/h4-12,14-19,22-25,32,36-41,43-50,58,60-61H,3,13,20-21,26-31H2,1-2H3,(H2,54,59)(H,55,62)(H,56,63)(H,57,64);4-22,29,33-46,54-56H,3,23-28,50H2,1-2H3,(H,51,57)(H,52,58)(H,53,59);1-2H2,(H2,5,6)/t32-,36+,37+,38+,39+,40?,41+,43-,44+,45+,46+,47+,48+,49+,50-;29-,33+,34+,35+,36+,37?,38+,39-,40+,41+,42+,43+,44+,45+,46-;/m00./s1. The summed E-state index contributed by atoms with van der Waals surface area (Å²) in [6.07, 6.45) is -12.9. The summed E-state index contributed by atoms with van der Waals surface area (Å²) in [6, 6.07) is 50.5. The summed E-state index contributed by atoms with van der Waals surface area (Å²) in [5.41, 5.74) is 21.3. The van der Waals surface area contributed by atoms with E-state index in [4.69, 9.17) is 102 Å². The van der Waals surface area contributed by atoms with Crippen LogP contribution >= 0.6 is 15.9 Å². The number of hydrogen-bond acceptors (Lipinski definition) is 33. The van der Waals surface area contributed by atoms with E-state index in [1.165, 1.54) is 0 Å². The lowest BCUT2D eigenvalue weighted by Crippen LogP contribution is -2.61. The molecule has 42 heteroatoms. The van der Waals surface area contributed by atoms with E-state index >= 15 is 0 Å². The van der Waals surface area contributed by atoms with E-state index in [2.05, 4.69) is 47.8 Å². The highest BCUT2D eigenvalue weighted by Gasteiger charge is 2.56. The monoisotopic (exact) mass is 2110 g/mol. The number of amides is 8. The quantitative estimate of drug-likeness (QED) is 0.00977. The van der Waals surface area contributed by atoms with Gasteiger partial charge in [0.2, 0.25) is 11.8 Å². The fourth-order valence-electron chi connectivity index (χ4n) is 17.6. The second-order valence-corrected chi connectivity index (χ2v) is 37.3. The molecule has 800 valence electrons. The van der Waals surface area contributed by atoms with Crippen LogP contribution in [-0.2, 0) is 134 Å². The van der Waals surface area contributed by atoms with E-state index in [1.54, 1.807) is 60.7 Å². The number of ether oxygens (including phenoxy) is 18. The summed E-state index contributed by atoms with van der Waals surface area (Å²) in [4.78, 5) is 99.2. The topological polar surface area (TPSA) is 574 Å². The van der Waals surface area contributed by atoms with Crippen molar-refractivity contribution in [3.05, 3.63) is 264 Å². The summed E-state index contributed by atoms with van der Waals surface area (Å²) in [5.74, 6) is -1.81. The smallest absolute Gasteiger partial charge is 0.408 e. The first-order chi connectivity index (χ1) is 71.1. The number of alkyl carbamates (subject to hydrolysis) is 6. The third kappa shape index (κ3) is 35.6. The third-order valence-corrected chi connectivity index (χ3v) is 25.8. The summed E-state index contributed by atoms with van der Waals surface area (Å²) >= 11 is 3.05. The van der Waals surface area contributed by atoms with Crippen LogP contribution in [0.25, 0.3) is 0 Å². The van der Waals surface area contributed by atoms with Gasteiger partial charge < -0.3 is 165 Å². The Bertz CT molecular complexity index is 5140. The number of aliphatic hydroxyl groups is 6. The van der Waals surface area contributed by atoms with Gasteiger partial charge >= 0.3 is 36.6 Å². The van der Waals surface area contributed by atoms with Crippen LogP contribution in [0.3, 0.4) is 0 Å². The molecule has 30 atom stereocenters. The Kier molecular flexibility index (Phi) is 45.9. The number of benzene rings is 6. The molecule has 4 fully saturated rings. The Hall–Kier alpha value is -11.4. The van der Waals surface area contributed by atoms with Crippen molar-refractivity contribution in [3.8, 4) is 0 Å². The van der Waals surface area contributed by atoms with Crippen molar-refractivity contribution < 1.29 is 154 Å². The minimum absolute atomic E-state index is 0.0187. The van der Waals surface area contributed by atoms with Crippen molar-refractivity contribution in [1.29, 1.82) is 0 Å². The van der Waals surface area contributed by atoms with Gasteiger partial charge in [-0.25, -0.2) is 28.8 Å². The van der Waals surface area contributed by atoms with Gasteiger partial charge in [0.05, 0.1) is 75.1 Å². The van der Waals surface area contributed by atoms with Crippen molar-refractivity contribution in [1.82, 2.24) is 31.9 Å². The number of aliphatic hydroxyl groups excluding tert-OH is 6. The van der Waals surface area contributed by atoms with E-state index in [-0.39, 0.29) is 89.1 Å². The summed E-state index contributed by atoms with van der Waals surface area (Å²) in [6.45, 7) is 6.33. The van der Waals surface area contributed by atoms with Crippen LogP contribution in [0, 0.1) is 17.8 Å². The predicted molar refractivity (Wildman–Crippen MR) is 530 cm³/mol. The molecule has 8 aliphatic rings. The van der Waals surface area contributed by atoms with E-state index in [1.807, 2.05) is 198 Å². The molecule has 2 unspecified atom stereocenters. The van der Waals surface area contributed by atoms with Gasteiger partial charge in [0.25, 0.3) is 0 Å². The van der Waals surface area contributed by atoms with Gasteiger partial charge in [-0.2, -0.15) is 0 Å². The average molecular weight is 2120 g/mol. The second kappa shape index (κ2) is 59.1. The van der Waals surface area contributed by atoms with Gasteiger partial charge in [-0.3, -0.25) is 9.59 Å². The normalized spacial score (nSPS) is 30.5. The zero-order valence-corrected chi connectivity index (χ0v) is 83.7. The van der Waals surface area contributed by atoms with Crippen molar-refractivity contribution in [3.63, 3.8) is 0 Å². The lowest BCUT2D eigenvalue weighted by atomic mass is 9.74. The molecule has 0 radical (unpaired) electrons. The molecule has 2 saturated carbocycles. The number of carbonyl (C=O) groups excluding carboxylic acids is 8. The molecule has 2 aliphatic carbocycles. The van der Waals surface area contributed by atoms with Crippen LogP contribution in [-0.4, -0.2) is 276 Å². The lowest BCUT2D eigenvalue weighted by Gasteiger charge is -2.46. The van der Waals surface area contributed by atoms with Crippen LogP contribution in [0.1, 0.15) is 112 Å². The highest BCUT2D eigenvalue weighted by molar-refractivity contribution is 9.09. The van der Waals surface area contributed by atoms with E-state index in [9.17, 15) is 69.0 Å². The summed E-state index contributed by atoms with van der Waals surface area (Å²) in [5, 5.41) is 85.9. The number of nitrogens with two attached hydrogens (primary N) is 3. The Balaban J connectivity index is 0.000000248. The SMILES string of the molecule is CC[C@@H]1C=C[C@@H](NC(=O)OCc2ccccc2)[C@@H](O[C@H]2[C@H](O[C@@H]3O[C@H](CO)[C@@H](O[C@H]4O[C@@H](CNC(=O)OCc5ccccc5)C=CC4NC(=O)OCc4ccccc4)[C@H]3O)[C@@H](O)[C@H](CCCC(N)=O)C[C@@H]2C)O1.CC[C@@H]1C=C[C@@H](NC(=O)OCc2ccccc2)[C@@H](O[C@H]2[C@H](O[C@@H]3O[C@H](CO)[C@@H](O[C@H]4O[C@@H](CNC(=O)OCc5ccccc5)C=CC4NC(=O)OCc4ccccc4)[C@H]3O)[C@@H](O)[C@H](N)C[C@@H]2C)O1.NC(=O)CCBr. The molecule has 6 aromatic rings. The fraction of sp³-hybridized carbons (Fsp3) is 0.505. The van der Waals surface area contributed by atoms with Crippen molar-refractivity contribution >= 4 is 64.3 Å². The zero-order chi connectivity index (χ0) is 105. The largest absolute Gasteiger partial charge is 0.445 e. The van der Waals surface area contributed by atoms with E-state index < -0.39 is 215 Å². The number of carbonyl (C=O) groups is 8. The van der Waals surface area contributed by atoms with Crippen molar-refractivity contribution in [2.75, 3.05) is 31.6 Å². The number of nitrogens with one attached hydrogen (secondary N) is 6. The Labute approximate surface area is 860 Å². The molecular weight excluding hydrogens is 1980 g/mol. The molecule has 0 aromatic heterocycles. The van der Waals surface area contributed by atoms with E-state index in [0.717, 1.165) is 33.4 Å². The van der Waals surface area contributed by atoms with Crippen LogP contribution in [0.5, 0.6) is 0 Å². The van der Waals surface area contributed by atoms with Crippen LogP contribution in [0.2, 0.25) is 0 Å². The molecule has 8 amide bonds. The molecule has 0 spiro atoms. The molecule has 6 heterocycles. The number of halogens is 1. The van der Waals surface area contributed by atoms with Crippen LogP contribution < -0.4 is 49.1 Å². The lowest BCUT2D eigenvalue weighted by molar-refractivity contribution is -0.291. The van der Waals surface area contributed by atoms with Crippen LogP contribution in [0.15, 0.2) is 231 Å². The van der Waals surface area contributed by atoms with Crippen molar-refractivity contribution in [2.45, 2.75) is 284 Å². The molecule has 41 nitrogen and oxygen atoms in total. The molecule has 6 aromatic carbocycles. The predicted octanol–water partition coefficient (Wildman–Crippen LogP) is 8.07. The minimum Gasteiger partial charge on any atom is -0.445 e. The maximum atomic E-state index is 13.2. The maximum Gasteiger partial charge on any atom is 0.408 e. The summed E-state index contributed by atoms with van der Waals surface area (Å²) < 4.78 is 109.